The van der Waals surface area contributed by atoms with Gasteiger partial charge in [0.2, 0.25) is 0 Å². The van der Waals surface area contributed by atoms with Crippen molar-refractivity contribution in [2.24, 2.45) is 0 Å². The van der Waals surface area contributed by atoms with Crippen molar-refractivity contribution in [1.29, 1.82) is 0 Å². The van der Waals surface area contributed by atoms with Gasteiger partial charge in [-0.25, -0.2) is 19.2 Å². The molecule has 0 aliphatic rings. The first-order valence-corrected chi connectivity index (χ1v) is 8.79. The first-order chi connectivity index (χ1) is 14.0. The monoisotopic (exact) mass is 394 g/mol. The van der Waals surface area contributed by atoms with E-state index in [2.05, 4.69) is 25.3 Å². The Morgan fingerprint density at radius 3 is 2.48 bits per heavy atom. The normalized spacial score (nSPS) is 10.3. The number of benzene rings is 2. The largest absolute Gasteiger partial charge is 0.465 e. The number of hydrogen-bond donors (Lipinski definition) is 2. The van der Waals surface area contributed by atoms with Gasteiger partial charge in [-0.05, 0) is 37.3 Å². The number of nitrogens with zero attached hydrogens (tertiary/aromatic N) is 2. The summed E-state index contributed by atoms with van der Waals surface area (Å²) < 4.78 is 18.4. The van der Waals surface area contributed by atoms with E-state index in [1.165, 1.54) is 19.2 Å². The van der Waals surface area contributed by atoms with Crippen molar-refractivity contribution in [3.63, 3.8) is 0 Å². The van der Waals surface area contributed by atoms with Crippen molar-refractivity contribution < 1.29 is 18.7 Å². The number of methoxy groups -OCH3 is 1. The quantitative estimate of drug-likeness (QED) is 0.623. The zero-order valence-corrected chi connectivity index (χ0v) is 15.9. The standard InChI is InChI=1S/C21H19FN4O3/c1-13-24-18(20(27)23-12-15-5-3-4-6-17(15)22)11-19(25-13)26-16-9-7-14(8-10-16)21(28)29-2/h3-11H,12H2,1-2H3,(H,23,27)(H,24,25,26). The van der Waals surface area contributed by atoms with Crippen LogP contribution in [0.15, 0.2) is 54.6 Å². The van der Waals surface area contributed by atoms with E-state index in [1.54, 1.807) is 49.4 Å². The fourth-order valence-electron chi connectivity index (χ4n) is 2.61. The minimum Gasteiger partial charge on any atom is -0.465 e. The summed E-state index contributed by atoms with van der Waals surface area (Å²) in [5, 5.41) is 5.72. The third-order valence-corrected chi connectivity index (χ3v) is 4.05. The second-order valence-corrected chi connectivity index (χ2v) is 6.15. The summed E-state index contributed by atoms with van der Waals surface area (Å²) >= 11 is 0. The molecule has 8 heteroatoms. The lowest BCUT2D eigenvalue weighted by Gasteiger charge is -2.10. The smallest absolute Gasteiger partial charge is 0.337 e. The van der Waals surface area contributed by atoms with Crippen LogP contribution in [0.25, 0.3) is 0 Å². The highest BCUT2D eigenvalue weighted by atomic mass is 19.1. The Labute approximate surface area is 167 Å². The van der Waals surface area contributed by atoms with Crippen LogP contribution in [-0.2, 0) is 11.3 Å². The second-order valence-electron chi connectivity index (χ2n) is 6.15. The van der Waals surface area contributed by atoms with Gasteiger partial charge in [0.15, 0.2) is 0 Å². The lowest BCUT2D eigenvalue weighted by molar-refractivity contribution is 0.0600. The maximum atomic E-state index is 13.7. The highest BCUT2D eigenvalue weighted by Crippen LogP contribution is 2.17. The van der Waals surface area contributed by atoms with Gasteiger partial charge in [0, 0.05) is 23.9 Å². The molecule has 0 atom stereocenters. The van der Waals surface area contributed by atoms with Gasteiger partial charge < -0.3 is 15.4 Å². The van der Waals surface area contributed by atoms with E-state index in [1.807, 2.05) is 0 Å². The lowest BCUT2D eigenvalue weighted by atomic mass is 10.2. The van der Waals surface area contributed by atoms with Crippen molar-refractivity contribution in [2.45, 2.75) is 13.5 Å². The van der Waals surface area contributed by atoms with Gasteiger partial charge in [-0.15, -0.1) is 0 Å². The van der Waals surface area contributed by atoms with Gasteiger partial charge >= 0.3 is 5.97 Å². The van der Waals surface area contributed by atoms with Gasteiger partial charge in [0.25, 0.3) is 5.91 Å². The molecule has 0 radical (unpaired) electrons. The molecule has 3 rings (SSSR count). The van der Waals surface area contributed by atoms with E-state index in [0.717, 1.165) is 0 Å². The summed E-state index contributed by atoms with van der Waals surface area (Å²) in [5.74, 6) is -0.438. The number of esters is 1. The lowest BCUT2D eigenvalue weighted by Crippen LogP contribution is -2.25. The van der Waals surface area contributed by atoms with Crippen molar-refractivity contribution in [3.05, 3.63) is 83.1 Å². The molecular formula is C21H19FN4O3. The molecule has 7 nitrogen and oxygen atoms in total. The molecule has 1 aromatic heterocycles. The molecule has 29 heavy (non-hydrogen) atoms. The number of nitrogens with one attached hydrogen (secondary N) is 2. The molecule has 0 spiro atoms. The van der Waals surface area contributed by atoms with E-state index in [9.17, 15) is 14.0 Å². The Morgan fingerprint density at radius 2 is 1.79 bits per heavy atom. The summed E-state index contributed by atoms with van der Waals surface area (Å²) in [5.41, 5.74) is 1.64. The number of amides is 1. The molecule has 0 aliphatic heterocycles. The molecule has 1 heterocycles. The average Bonchev–Trinajstić information content (AvgIpc) is 2.72. The number of rotatable bonds is 6. The van der Waals surface area contributed by atoms with E-state index in [-0.39, 0.29) is 18.1 Å². The summed E-state index contributed by atoms with van der Waals surface area (Å²) in [6, 6.07) is 14.3. The molecule has 1 amide bonds. The summed E-state index contributed by atoms with van der Waals surface area (Å²) in [7, 11) is 1.32. The predicted molar refractivity (Wildman–Crippen MR) is 105 cm³/mol. The first kappa shape index (κ1) is 19.9. The zero-order chi connectivity index (χ0) is 20.8. The SMILES string of the molecule is COC(=O)c1ccc(Nc2cc(C(=O)NCc3ccccc3F)nc(C)n2)cc1. The van der Waals surface area contributed by atoms with Crippen LogP contribution >= 0.6 is 0 Å². The Balaban J connectivity index is 1.71. The van der Waals surface area contributed by atoms with Gasteiger partial charge in [-0.1, -0.05) is 18.2 Å². The molecule has 148 valence electrons. The van der Waals surface area contributed by atoms with Crippen molar-refractivity contribution in [1.82, 2.24) is 15.3 Å². The number of hydrogen-bond acceptors (Lipinski definition) is 6. The van der Waals surface area contributed by atoms with Gasteiger partial charge in [-0.2, -0.15) is 0 Å². The van der Waals surface area contributed by atoms with Gasteiger partial charge in [0.1, 0.15) is 23.2 Å². The molecule has 2 N–H and O–H groups in total. The number of aryl methyl sites for hydroxylation is 1. The van der Waals surface area contributed by atoms with Crippen LogP contribution in [0, 0.1) is 12.7 Å². The molecule has 0 unspecified atom stereocenters. The molecule has 0 aliphatic carbocycles. The minimum absolute atomic E-state index is 0.0479. The van der Waals surface area contributed by atoms with E-state index in [4.69, 9.17) is 0 Å². The Kier molecular flexibility index (Phi) is 6.13. The third kappa shape index (κ3) is 5.13. The fraction of sp³-hybridized carbons (Fsp3) is 0.143. The fourth-order valence-corrected chi connectivity index (χ4v) is 2.61. The van der Waals surface area contributed by atoms with Crippen molar-refractivity contribution in [2.75, 3.05) is 12.4 Å². The maximum absolute atomic E-state index is 13.7. The molecule has 2 aromatic carbocycles. The number of carbonyl (C=O) groups is 2. The summed E-state index contributed by atoms with van der Waals surface area (Å²) in [6.45, 7) is 1.71. The molecule has 0 saturated carbocycles. The van der Waals surface area contributed by atoms with Gasteiger partial charge in [0.05, 0.1) is 12.7 Å². The van der Waals surface area contributed by atoms with Crippen LogP contribution in [0.2, 0.25) is 0 Å². The Morgan fingerprint density at radius 1 is 1.07 bits per heavy atom. The van der Waals surface area contributed by atoms with Gasteiger partial charge in [-0.3, -0.25) is 4.79 Å². The van der Waals surface area contributed by atoms with Crippen LogP contribution in [0.5, 0.6) is 0 Å². The van der Waals surface area contributed by atoms with E-state index in [0.29, 0.717) is 28.5 Å². The first-order valence-electron chi connectivity index (χ1n) is 8.79. The number of anilines is 2. The van der Waals surface area contributed by atoms with Crippen LogP contribution < -0.4 is 10.6 Å². The molecule has 0 fully saturated rings. The summed E-state index contributed by atoms with van der Waals surface area (Å²) in [6.07, 6.45) is 0. The number of carbonyl (C=O) groups excluding carboxylic acids is 2. The van der Waals surface area contributed by atoms with Crippen LogP contribution in [0.4, 0.5) is 15.9 Å². The molecule has 0 saturated heterocycles. The molecular weight excluding hydrogens is 375 g/mol. The highest BCUT2D eigenvalue weighted by Gasteiger charge is 2.12. The molecule has 0 bridgehead atoms. The predicted octanol–water partition coefficient (Wildman–Crippen LogP) is 3.38. The number of halogens is 1. The van der Waals surface area contributed by atoms with E-state index >= 15 is 0 Å². The number of ether oxygens (including phenoxy) is 1. The van der Waals surface area contributed by atoms with Crippen LogP contribution in [-0.4, -0.2) is 29.0 Å². The highest BCUT2D eigenvalue weighted by molar-refractivity contribution is 5.93. The van der Waals surface area contributed by atoms with Crippen molar-refractivity contribution >= 4 is 23.4 Å². The van der Waals surface area contributed by atoms with E-state index < -0.39 is 11.9 Å². The van der Waals surface area contributed by atoms with Crippen LogP contribution in [0.3, 0.4) is 0 Å². The summed E-state index contributed by atoms with van der Waals surface area (Å²) in [4.78, 5) is 32.3. The average molecular weight is 394 g/mol. The Hall–Kier alpha value is -3.81. The van der Waals surface area contributed by atoms with Crippen LogP contribution in [0.1, 0.15) is 32.2 Å². The third-order valence-electron chi connectivity index (χ3n) is 4.05. The van der Waals surface area contributed by atoms with Crippen molar-refractivity contribution in [3.8, 4) is 0 Å². The molecule has 3 aromatic rings. The Bertz CT molecular complexity index is 1040. The minimum atomic E-state index is -0.442. The second kappa shape index (κ2) is 8.92. The topological polar surface area (TPSA) is 93.2 Å². The maximum Gasteiger partial charge on any atom is 0.337 e. The zero-order valence-electron chi connectivity index (χ0n) is 15.9. The number of aromatic nitrogens is 2.